The van der Waals surface area contributed by atoms with Gasteiger partial charge in [-0.2, -0.15) is 0 Å². The van der Waals surface area contributed by atoms with Gasteiger partial charge in [-0.1, -0.05) is 22.3 Å². The number of rotatable bonds is 0. The molecule has 62 valence electrons. The molecule has 0 fully saturated rings. The van der Waals surface area contributed by atoms with Crippen LogP contribution in [0.5, 0.6) is 0 Å². The summed E-state index contributed by atoms with van der Waals surface area (Å²) in [6.07, 6.45) is 0. The first-order valence-corrected chi connectivity index (χ1v) is 2.50. The molecule has 0 aromatic heterocycles. The molecule has 0 atom stereocenters. The van der Waals surface area contributed by atoms with Gasteiger partial charge in [0.1, 0.15) is 0 Å². The van der Waals surface area contributed by atoms with Crippen LogP contribution in [0.3, 0.4) is 0 Å². The van der Waals surface area contributed by atoms with Gasteiger partial charge in [0.15, 0.2) is 0 Å². The van der Waals surface area contributed by atoms with E-state index in [0.29, 0.717) is 0 Å². The van der Waals surface area contributed by atoms with Crippen LogP contribution in [0, 0.1) is 0 Å². The molecule has 7 heteroatoms. The summed E-state index contributed by atoms with van der Waals surface area (Å²) in [4.78, 5) is 0. The van der Waals surface area contributed by atoms with E-state index in [1.807, 2.05) is 0 Å². The zero-order valence-electron chi connectivity index (χ0n) is 3.51. The van der Waals surface area contributed by atoms with Gasteiger partial charge >= 0.3 is 30.8 Å². The van der Waals surface area contributed by atoms with Gasteiger partial charge in [-0.3, -0.25) is 0 Å². The van der Waals surface area contributed by atoms with E-state index >= 15 is 0 Å². The molecule has 0 amide bonds. The van der Waals surface area contributed by atoms with Gasteiger partial charge in [0, 0.05) is 18.9 Å². The number of hydrogen-bond acceptors (Lipinski definition) is 4. The van der Waals surface area contributed by atoms with E-state index < -0.39 is 23.2 Å². The van der Waals surface area contributed by atoms with Crippen molar-refractivity contribution in [3.8, 4) is 0 Å². The van der Waals surface area contributed by atoms with E-state index in [2.05, 4.69) is 0 Å². The molecule has 0 unspecified atom stereocenters. The van der Waals surface area contributed by atoms with Crippen molar-refractivity contribution in [1.29, 1.82) is 0 Å². The van der Waals surface area contributed by atoms with E-state index in [0.717, 1.165) is 0 Å². The molecule has 0 saturated carbocycles. The van der Waals surface area contributed by atoms with E-state index in [-0.39, 0.29) is 41.1 Å². The van der Waals surface area contributed by atoms with Crippen LogP contribution in [0.4, 0.5) is 0 Å². The Bertz CT molecular complexity index is 74.5. The predicted octanol–water partition coefficient (Wildman–Crippen LogP) is 1.64. The molecule has 4 nitrogen and oxygen atoms in total. The zero-order valence-corrected chi connectivity index (χ0v) is 5.69. The summed E-state index contributed by atoms with van der Waals surface area (Å²) < 4.78 is 33.6. The molecule has 0 spiro atoms. The maximum absolute atomic E-state index is 8.41. The average molecular weight is 206 g/mol. The minimum atomic E-state index is -1.44. The van der Waals surface area contributed by atoms with Crippen LogP contribution < -0.4 is 0 Å². The monoisotopic (exact) mass is 206 g/mol. The van der Waals surface area contributed by atoms with Crippen molar-refractivity contribution in [2.45, 2.75) is 22.3 Å². The first-order chi connectivity index (χ1) is 2.83. The van der Waals surface area contributed by atoms with Crippen LogP contribution in [-0.4, -0.2) is 18.9 Å². The minimum absolute atomic E-state index is 0. The quantitative estimate of drug-likeness (QED) is 0.446. The fourth-order valence-electron chi connectivity index (χ4n) is 0. The zero-order chi connectivity index (χ0) is 5.41. The molecular formula is C3H13LiMnO4P. The van der Waals surface area contributed by atoms with Crippen molar-refractivity contribution >= 4 is 27.2 Å². The van der Waals surface area contributed by atoms with Crippen molar-refractivity contribution < 1.29 is 31.6 Å². The Kier molecular flexibility index (Phi) is 480. The summed E-state index contributed by atoms with van der Waals surface area (Å²) in [7, 11) is -1.42. The Morgan fingerprint density at radius 3 is 0.900 bits per heavy atom. The molecule has 0 aliphatic carbocycles. The summed E-state index contributed by atoms with van der Waals surface area (Å²) in [5.74, 6) is 0. The Hall–Kier alpha value is 0.617. The first-order valence-electron chi connectivity index (χ1n) is 0.717. The second-order valence-electron chi connectivity index (χ2n) is 0.146. The Morgan fingerprint density at radius 2 is 0.900 bits per heavy atom. The average Bonchev–Trinajstić information content (AvgIpc) is 1.39. The van der Waals surface area contributed by atoms with Crippen molar-refractivity contribution in [3.05, 3.63) is 0 Å². The van der Waals surface area contributed by atoms with Gasteiger partial charge in [-0.05, 0) is 0 Å². The Morgan fingerprint density at radius 1 is 0.900 bits per heavy atom. The van der Waals surface area contributed by atoms with Crippen molar-refractivity contribution in [1.82, 2.24) is 0 Å². The molecule has 0 heterocycles. The first kappa shape index (κ1) is 46.1. The molecule has 0 aromatic rings. The van der Waals surface area contributed by atoms with Gasteiger partial charge < -0.3 is 0 Å². The third-order valence-electron chi connectivity index (χ3n) is 0. The molecule has 0 saturated heterocycles. The molecule has 10 heavy (non-hydrogen) atoms. The predicted molar refractivity (Wildman–Crippen MR) is 37.0 cm³/mol. The topological polar surface area (TPSA) is 68.3 Å². The van der Waals surface area contributed by atoms with Crippen LogP contribution in [0.2, 0.25) is 0 Å². The van der Waals surface area contributed by atoms with E-state index in [1.165, 1.54) is 0 Å². The summed E-state index contributed by atoms with van der Waals surface area (Å²) in [6, 6.07) is 0. The molecule has 0 aromatic carbocycles. The van der Waals surface area contributed by atoms with Crippen molar-refractivity contribution in [2.75, 3.05) is 0 Å². The summed E-state index contributed by atoms with van der Waals surface area (Å²) in [6.45, 7) is 0. The second kappa shape index (κ2) is 104. The standard InChI is InChI=1S/3CH4.Li.Mn.HO2P.2O/c;;;;;1-3-2;;/h3*1H4;;;3H;;. The second-order valence-corrected chi connectivity index (χ2v) is 0.510. The van der Waals surface area contributed by atoms with Crippen LogP contribution in [-0.2, 0) is 31.6 Å². The van der Waals surface area contributed by atoms with E-state index in [4.69, 9.17) is 16.8 Å². The van der Waals surface area contributed by atoms with Gasteiger partial charge in [0.05, 0.1) is 0 Å². The van der Waals surface area contributed by atoms with Gasteiger partial charge in [-0.15, -0.1) is 0 Å². The van der Waals surface area contributed by atoms with Gasteiger partial charge in [-0.25, -0.2) is 9.13 Å². The van der Waals surface area contributed by atoms with Crippen LogP contribution in [0.1, 0.15) is 22.3 Å². The Balaban J connectivity index is -0.00000000571. The van der Waals surface area contributed by atoms with E-state index in [1.54, 1.807) is 0 Å². The number of hydrogen-bond donors (Lipinski definition) is 0. The molecular weight excluding hydrogens is 193 g/mol. The fraction of sp³-hybridized carbons (Fsp3) is 1.00. The van der Waals surface area contributed by atoms with Crippen molar-refractivity contribution in [3.63, 3.8) is 0 Å². The fourth-order valence-corrected chi connectivity index (χ4v) is 0. The molecule has 0 aliphatic heterocycles. The Labute approximate surface area is 81.1 Å². The SMILES string of the molecule is C.C.C.O=[PH]=O.[Li].[O]=[Mn]=[O]. The summed E-state index contributed by atoms with van der Waals surface area (Å²) >= 11 is -1.44. The van der Waals surface area contributed by atoms with Gasteiger partial charge in [0.2, 0.25) is 0 Å². The molecule has 0 rings (SSSR count). The van der Waals surface area contributed by atoms with Crippen molar-refractivity contribution in [2.24, 2.45) is 0 Å². The van der Waals surface area contributed by atoms with Crippen LogP contribution in [0.25, 0.3) is 0 Å². The summed E-state index contributed by atoms with van der Waals surface area (Å²) in [5.41, 5.74) is 0. The van der Waals surface area contributed by atoms with E-state index in [9.17, 15) is 0 Å². The third-order valence-corrected chi connectivity index (χ3v) is 0. The molecule has 0 bridgehead atoms. The molecule has 0 N–H and O–H groups in total. The summed E-state index contributed by atoms with van der Waals surface area (Å²) in [5, 5.41) is 0. The molecule has 0 aliphatic rings. The third kappa shape index (κ3) is 1310. The normalized spacial score (nSPS) is 2.40. The van der Waals surface area contributed by atoms with Crippen LogP contribution in [0.15, 0.2) is 0 Å². The van der Waals surface area contributed by atoms with Gasteiger partial charge in [0.25, 0.3) is 0 Å². The maximum atomic E-state index is 8.41. The van der Waals surface area contributed by atoms with Crippen LogP contribution >= 0.6 is 8.34 Å². The molecule has 1 radical (unpaired) electrons.